The van der Waals surface area contributed by atoms with Crippen LogP contribution in [0.1, 0.15) is 48.4 Å². The van der Waals surface area contributed by atoms with E-state index in [0.29, 0.717) is 43.0 Å². The minimum Gasteiger partial charge on any atom is -0.394 e. The van der Waals surface area contributed by atoms with E-state index in [0.717, 1.165) is 36.1 Å². The molecule has 2 fully saturated rings. The lowest BCUT2D eigenvalue weighted by molar-refractivity contribution is -0.151. The molecule has 3 N–H and O–H groups in total. The molecule has 9 nitrogen and oxygen atoms in total. The standard InChI is InChI=1S/C39H47FN4O5Si/c1-25-36(50(2,3)40)34(20-35(46)43-23-29-13-8-7-12-27(29)18-31(43)24-45)49-39(25)32-19-30(42-37(47)28-14-9-17-41-21-28)15-16-33(32)44(38(39)48)22-26-10-5-4-6-11-26/h4-8,10-13,15-16,19,25,28,31,34,36,41,45H,9,14,17-18,20-24H2,1-3H3,(H,42,47)/t25-,28?,31-,34+,36-,39+/m0/s1. The second-order valence-corrected chi connectivity index (χ2v) is 18.7. The fraction of sp³-hybridized carbons (Fsp3) is 0.462. The van der Waals surface area contributed by atoms with Crippen molar-refractivity contribution in [3.8, 4) is 0 Å². The summed E-state index contributed by atoms with van der Waals surface area (Å²) >= 11 is 0. The van der Waals surface area contributed by atoms with Crippen LogP contribution in [0.4, 0.5) is 15.5 Å². The van der Waals surface area contributed by atoms with Gasteiger partial charge in [0.05, 0.1) is 43.3 Å². The number of amides is 3. The van der Waals surface area contributed by atoms with Crippen LogP contribution in [0.5, 0.6) is 0 Å². The van der Waals surface area contributed by atoms with Crippen LogP contribution in [0, 0.1) is 11.8 Å². The topological polar surface area (TPSA) is 111 Å². The molecule has 11 heteroatoms. The molecule has 0 aliphatic carbocycles. The summed E-state index contributed by atoms with van der Waals surface area (Å²) in [4.78, 5) is 45.7. The van der Waals surface area contributed by atoms with Crippen LogP contribution in [0.2, 0.25) is 18.6 Å². The Kier molecular flexibility index (Phi) is 9.44. The normalized spacial score (nSPS) is 27.7. The second kappa shape index (κ2) is 13.7. The first-order valence-corrected chi connectivity index (χ1v) is 20.8. The van der Waals surface area contributed by atoms with Gasteiger partial charge in [-0.1, -0.05) is 61.5 Å². The summed E-state index contributed by atoms with van der Waals surface area (Å²) < 4.78 is 23.5. The van der Waals surface area contributed by atoms with Gasteiger partial charge in [0, 0.05) is 35.8 Å². The molecule has 50 heavy (non-hydrogen) atoms. The van der Waals surface area contributed by atoms with Gasteiger partial charge in [0.25, 0.3) is 5.91 Å². The van der Waals surface area contributed by atoms with Gasteiger partial charge in [-0.2, -0.15) is 0 Å². The summed E-state index contributed by atoms with van der Waals surface area (Å²) in [5.41, 5.74) is 2.63. The average molecular weight is 699 g/mol. The Morgan fingerprint density at radius 3 is 2.52 bits per heavy atom. The Hall–Kier alpha value is -3.90. The molecule has 4 aliphatic rings. The van der Waals surface area contributed by atoms with E-state index in [1.807, 2.05) is 79.7 Å². The number of fused-ring (bicyclic) bond motifs is 3. The molecule has 4 heterocycles. The zero-order valence-corrected chi connectivity index (χ0v) is 30.0. The number of carbonyl (C=O) groups is 3. The van der Waals surface area contributed by atoms with Crippen molar-refractivity contribution in [3.05, 3.63) is 95.1 Å². The minimum atomic E-state index is -3.55. The molecule has 2 saturated heterocycles. The summed E-state index contributed by atoms with van der Waals surface area (Å²) in [6.07, 6.45) is 1.28. The first-order valence-electron chi connectivity index (χ1n) is 17.9. The van der Waals surface area contributed by atoms with Crippen molar-refractivity contribution in [3.63, 3.8) is 0 Å². The van der Waals surface area contributed by atoms with Gasteiger partial charge in [-0.3, -0.25) is 14.4 Å². The Morgan fingerprint density at radius 2 is 1.82 bits per heavy atom. The van der Waals surface area contributed by atoms with Gasteiger partial charge >= 0.3 is 0 Å². The highest BCUT2D eigenvalue weighted by atomic mass is 28.4. The lowest BCUT2D eigenvalue weighted by Gasteiger charge is -2.37. The Labute approximate surface area is 294 Å². The van der Waals surface area contributed by atoms with Crippen molar-refractivity contribution in [2.45, 2.75) is 82.1 Å². The molecule has 0 saturated carbocycles. The molecule has 3 amide bonds. The molecule has 0 radical (unpaired) electrons. The van der Waals surface area contributed by atoms with Gasteiger partial charge < -0.3 is 34.4 Å². The van der Waals surface area contributed by atoms with E-state index in [2.05, 4.69) is 10.6 Å². The van der Waals surface area contributed by atoms with Crippen LogP contribution in [0.15, 0.2) is 72.8 Å². The molecule has 264 valence electrons. The second-order valence-electron chi connectivity index (χ2n) is 14.9. The van der Waals surface area contributed by atoms with E-state index >= 15 is 4.11 Å². The van der Waals surface area contributed by atoms with Crippen LogP contribution >= 0.6 is 0 Å². The van der Waals surface area contributed by atoms with Crippen molar-refractivity contribution < 1.29 is 28.3 Å². The van der Waals surface area contributed by atoms with Gasteiger partial charge in [0.1, 0.15) is 0 Å². The number of rotatable bonds is 8. The highest BCUT2D eigenvalue weighted by Gasteiger charge is 2.67. The Morgan fingerprint density at radius 1 is 1.08 bits per heavy atom. The summed E-state index contributed by atoms with van der Waals surface area (Å²) in [6, 6.07) is 22.7. The predicted molar refractivity (Wildman–Crippen MR) is 193 cm³/mol. The number of carbonyl (C=O) groups excluding carboxylic acids is 3. The maximum atomic E-state index is 16.6. The third-order valence-electron chi connectivity index (χ3n) is 11.3. The fourth-order valence-electron chi connectivity index (χ4n) is 8.90. The van der Waals surface area contributed by atoms with E-state index < -0.39 is 37.6 Å². The van der Waals surface area contributed by atoms with E-state index in [1.165, 1.54) is 0 Å². The first kappa shape index (κ1) is 34.5. The Bertz CT molecular complexity index is 1760. The maximum Gasteiger partial charge on any atom is 0.264 e. The van der Waals surface area contributed by atoms with Crippen LogP contribution in [0.3, 0.4) is 0 Å². The number of aliphatic hydroxyl groups is 1. The van der Waals surface area contributed by atoms with Crippen LogP contribution in [-0.4, -0.2) is 68.0 Å². The zero-order valence-electron chi connectivity index (χ0n) is 29.0. The highest BCUT2D eigenvalue weighted by molar-refractivity contribution is 6.72. The highest BCUT2D eigenvalue weighted by Crippen LogP contribution is 2.60. The van der Waals surface area contributed by atoms with Gasteiger partial charge in [-0.05, 0) is 73.8 Å². The van der Waals surface area contributed by atoms with Crippen molar-refractivity contribution in [1.82, 2.24) is 10.2 Å². The number of benzene rings is 3. The number of nitrogens with zero attached hydrogens (tertiary/aromatic N) is 2. The molecule has 3 aromatic carbocycles. The fourth-order valence-corrected chi connectivity index (χ4v) is 11.4. The van der Waals surface area contributed by atoms with E-state index in [4.69, 9.17) is 4.74 Å². The van der Waals surface area contributed by atoms with Gasteiger partial charge in [0.2, 0.25) is 20.2 Å². The number of halogens is 1. The molecule has 3 aromatic rings. The van der Waals surface area contributed by atoms with E-state index in [1.54, 1.807) is 22.9 Å². The summed E-state index contributed by atoms with van der Waals surface area (Å²) in [6.45, 7) is 7.08. The molecule has 4 aliphatic heterocycles. The van der Waals surface area contributed by atoms with Gasteiger partial charge in [-0.25, -0.2) is 0 Å². The monoisotopic (exact) mass is 698 g/mol. The van der Waals surface area contributed by atoms with Crippen molar-refractivity contribution >= 4 is 37.5 Å². The molecule has 0 bridgehead atoms. The number of ether oxygens (including phenoxy) is 1. The minimum absolute atomic E-state index is 0.0859. The lowest BCUT2D eigenvalue weighted by Crippen LogP contribution is -2.48. The third kappa shape index (κ3) is 6.18. The zero-order chi connectivity index (χ0) is 35.2. The molecule has 1 spiro atoms. The van der Waals surface area contributed by atoms with E-state index in [9.17, 15) is 19.5 Å². The number of piperidine rings is 1. The quantitative estimate of drug-likeness (QED) is 0.218. The van der Waals surface area contributed by atoms with Crippen molar-refractivity contribution in [2.24, 2.45) is 11.8 Å². The van der Waals surface area contributed by atoms with Crippen LogP contribution < -0.4 is 15.5 Å². The number of nitrogens with one attached hydrogen (secondary N) is 2. The predicted octanol–water partition coefficient (Wildman–Crippen LogP) is 5.28. The average Bonchev–Trinajstić information content (AvgIpc) is 3.54. The largest absolute Gasteiger partial charge is 0.394 e. The first-order chi connectivity index (χ1) is 24.0. The number of hydrogen-bond donors (Lipinski definition) is 3. The molecule has 6 atom stereocenters. The Balaban J connectivity index is 1.24. The molecule has 1 unspecified atom stereocenters. The van der Waals surface area contributed by atoms with Crippen molar-refractivity contribution in [2.75, 3.05) is 29.9 Å². The van der Waals surface area contributed by atoms with Crippen LogP contribution in [-0.2, 0) is 44.2 Å². The van der Waals surface area contributed by atoms with Crippen molar-refractivity contribution in [1.29, 1.82) is 0 Å². The summed E-state index contributed by atoms with van der Waals surface area (Å²) in [5, 5.41) is 16.7. The smallest absolute Gasteiger partial charge is 0.264 e. The van der Waals surface area contributed by atoms with E-state index in [-0.39, 0.29) is 36.7 Å². The third-order valence-corrected chi connectivity index (χ3v) is 13.8. The molecule has 0 aromatic heterocycles. The summed E-state index contributed by atoms with van der Waals surface area (Å²) in [5.74, 6) is -1.36. The molecular weight excluding hydrogens is 652 g/mol. The van der Waals surface area contributed by atoms with Crippen LogP contribution in [0.25, 0.3) is 0 Å². The number of anilines is 2. The SMILES string of the molecule is C[C@H]1[C@H]([Si](C)(C)F)[C@@H](CC(=O)N2Cc3ccccc3C[C@H]2CO)O[C@]12C(=O)N(Cc1ccccc1)c1ccc(NC(=O)C3CCCNC3)cc12. The summed E-state index contributed by atoms with van der Waals surface area (Å²) in [7, 11) is -3.55. The lowest BCUT2D eigenvalue weighted by atomic mass is 9.82. The number of hydrogen-bond acceptors (Lipinski definition) is 6. The molecule has 7 rings (SSSR count). The maximum absolute atomic E-state index is 16.6. The number of aliphatic hydroxyl groups excluding tert-OH is 1. The van der Waals surface area contributed by atoms with Gasteiger partial charge in [0.15, 0.2) is 5.60 Å². The van der Waals surface area contributed by atoms with Gasteiger partial charge in [-0.15, -0.1) is 0 Å². The molecular formula is C39H47FN4O5Si.